The highest BCUT2D eigenvalue weighted by atomic mass is 16.2. The van der Waals surface area contributed by atoms with Gasteiger partial charge in [0, 0.05) is 55.2 Å². The van der Waals surface area contributed by atoms with Crippen LogP contribution >= 0.6 is 0 Å². The predicted octanol–water partition coefficient (Wildman–Crippen LogP) is 2.57. The fourth-order valence-electron chi connectivity index (χ4n) is 4.25. The Hall–Kier alpha value is -3.26. The Labute approximate surface area is 174 Å². The molecule has 0 atom stereocenters. The van der Waals surface area contributed by atoms with Gasteiger partial charge >= 0.3 is 0 Å². The molecule has 0 unspecified atom stereocenters. The lowest BCUT2D eigenvalue weighted by Crippen LogP contribution is -2.35. The number of H-pyrrole nitrogens is 1. The lowest BCUT2D eigenvalue weighted by Gasteiger charge is -2.22. The standard InChI is InChI=1S/C22H25N7O/c1-15-10-16(2)29-21(26-15)18(12-25-29)13-27-6-3-7-28(9-8-27)22(30)17-4-5-19-20(11-17)24-14-23-19/h4-5,10-12,14H,3,6-9,13H2,1-2H3,(H,23,24). The number of rotatable bonds is 3. The summed E-state index contributed by atoms with van der Waals surface area (Å²) >= 11 is 0. The molecule has 0 aliphatic carbocycles. The van der Waals surface area contributed by atoms with Crippen LogP contribution in [0, 0.1) is 13.8 Å². The average Bonchev–Trinajstić information content (AvgIpc) is 3.29. The van der Waals surface area contributed by atoms with Gasteiger partial charge in [-0.05, 0) is 44.5 Å². The molecule has 4 aromatic rings. The van der Waals surface area contributed by atoms with E-state index in [1.807, 2.05) is 46.8 Å². The topological polar surface area (TPSA) is 82.4 Å². The van der Waals surface area contributed by atoms with Gasteiger partial charge in [0.25, 0.3) is 5.91 Å². The molecule has 1 aliphatic rings. The highest BCUT2D eigenvalue weighted by Crippen LogP contribution is 2.18. The zero-order chi connectivity index (χ0) is 20.7. The van der Waals surface area contributed by atoms with Crippen LogP contribution < -0.4 is 0 Å². The van der Waals surface area contributed by atoms with Gasteiger partial charge in [-0.2, -0.15) is 5.10 Å². The highest BCUT2D eigenvalue weighted by Gasteiger charge is 2.22. The summed E-state index contributed by atoms with van der Waals surface area (Å²) in [5.41, 5.74) is 6.63. The monoisotopic (exact) mass is 403 g/mol. The summed E-state index contributed by atoms with van der Waals surface area (Å²) in [5, 5.41) is 4.51. The molecule has 1 saturated heterocycles. The minimum Gasteiger partial charge on any atom is -0.345 e. The largest absolute Gasteiger partial charge is 0.345 e. The summed E-state index contributed by atoms with van der Waals surface area (Å²) in [6.07, 6.45) is 4.52. The molecular formula is C22H25N7O. The summed E-state index contributed by atoms with van der Waals surface area (Å²) in [5.74, 6) is 0.0808. The molecule has 0 radical (unpaired) electrons. The van der Waals surface area contributed by atoms with Crippen molar-refractivity contribution >= 4 is 22.6 Å². The number of hydrogen-bond acceptors (Lipinski definition) is 5. The molecule has 1 N–H and O–H groups in total. The summed E-state index contributed by atoms with van der Waals surface area (Å²) in [4.78, 5) is 29.4. The summed E-state index contributed by atoms with van der Waals surface area (Å²) in [6.45, 7) is 8.12. The Bertz CT molecular complexity index is 1220. The van der Waals surface area contributed by atoms with E-state index in [1.54, 1.807) is 6.33 Å². The molecule has 154 valence electrons. The van der Waals surface area contributed by atoms with Crippen LogP contribution in [0.4, 0.5) is 0 Å². The maximum absolute atomic E-state index is 13.0. The van der Waals surface area contributed by atoms with Crippen LogP contribution in [0.1, 0.15) is 33.7 Å². The fourth-order valence-corrected chi connectivity index (χ4v) is 4.25. The number of imidazole rings is 1. The van der Waals surface area contributed by atoms with E-state index in [0.717, 1.165) is 66.2 Å². The average molecular weight is 403 g/mol. The van der Waals surface area contributed by atoms with E-state index >= 15 is 0 Å². The first-order chi connectivity index (χ1) is 14.6. The second-order valence-corrected chi connectivity index (χ2v) is 8.00. The third-order valence-corrected chi connectivity index (χ3v) is 5.79. The number of aromatic nitrogens is 5. The highest BCUT2D eigenvalue weighted by molar-refractivity contribution is 5.97. The Morgan fingerprint density at radius 1 is 1.13 bits per heavy atom. The molecule has 3 aromatic heterocycles. The van der Waals surface area contributed by atoms with Gasteiger partial charge in [-0.3, -0.25) is 9.69 Å². The zero-order valence-corrected chi connectivity index (χ0v) is 17.3. The van der Waals surface area contributed by atoms with Gasteiger partial charge in [0.05, 0.1) is 23.6 Å². The minimum absolute atomic E-state index is 0.0808. The van der Waals surface area contributed by atoms with Crippen LogP contribution in [-0.2, 0) is 6.54 Å². The van der Waals surface area contributed by atoms with Gasteiger partial charge in [-0.1, -0.05) is 0 Å². The Morgan fingerprint density at radius 3 is 2.93 bits per heavy atom. The lowest BCUT2D eigenvalue weighted by atomic mass is 10.1. The van der Waals surface area contributed by atoms with E-state index in [2.05, 4.69) is 31.9 Å². The van der Waals surface area contributed by atoms with Crippen molar-refractivity contribution in [2.24, 2.45) is 0 Å². The lowest BCUT2D eigenvalue weighted by molar-refractivity contribution is 0.0761. The van der Waals surface area contributed by atoms with Crippen molar-refractivity contribution in [2.75, 3.05) is 26.2 Å². The molecule has 1 aliphatic heterocycles. The number of aryl methyl sites for hydroxylation is 2. The SMILES string of the molecule is Cc1cc(C)n2ncc(CN3CCCN(C(=O)c4ccc5nc[nH]c5c4)CC3)c2n1. The van der Waals surface area contributed by atoms with Crippen molar-refractivity contribution in [3.05, 3.63) is 59.3 Å². The van der Waals surface area contributed by atoms with E-state index in [-0.39, 0.29) is 5.91 Å². The van der Waals surface area contributed by atoms with Crippen molar-refractivity contribution in [3.8, 4) is 0 Å². The first-order valence-corrected chi connectivity index (χ1v) is 10.3. The van der Waals surface area contributed by atoms with E-state index in [9.17, 15) is 4.79 Å². The van der Waals surface area contributed by atoms with Crippen molar-refractivity contribution < 1.29 is 4.79 Å². The van der Waals surface area contributed by atoms with Gasteiger partial charge in [0.1, 0.15) is 0 Å². The predicted molar refractivity (Wildman–Crippen MR) is 114 cm³/mol. The number of benzene rings is 1. The van der Waals surface area contributed by atoms with Gasteiger partial charge in [0.2, 0.25) is 0 Å². The van der Waals surface area contributed by atoms with Crippen molar-refractivity contribution in [1.82, 2.24) is 34.4 Å². The number of hydrogen-bond donors (Lipinski definition) is 1. The number of nitrogens with one attached hydrogen (secondary N) is 1. The van der Waals surface area contributed by atoms with Crippen LogP contribution in [0.15, 0.2) is 36.8 Å². The fraction of sp³-hybridized carbons (Fsp3) is 0.364. The first kappa shape index (κ1) is 18.7. The molecule has 4 heterocycles. The van der Waals surface area contributed by atoms with Crippen molar-refractivity contribution in [3.63, 3.8) is 0 Å². The quantitative estimate of drug-likeness (QED) is 0.569. The normalized spacial score (nSPS) is 15.7. The summed E-state index contributed by atoms with van der Waals surface area (Å²) < 4.78 is 1.90. The molecular weight excluding hydrogens is 378 g/mol. The van der Waals surface area contributed by atoms with E-state index < -0.39 is 0 Å². The van der Waals surface area contributed by atoms with E-state index in [1.165, 1.54) is 0 Å². The van der Waals surface area contributed by atoms with E-state index in [4.69, 9.17) is 0 Å². The minimum atomic E-state index is 0.0808. The first-order valence-electron chi connectivity index (χ1n) is 10.3. The molecule has 5 rings (SSSR count). The molecule has 0 bridgehead atoms. The Morgan fingerprint density at radius 2 is 2.03 bits per heavy atom. The smallest absolute Gasteiger partial charge is 0.253 e. The third kappa shape index (κ3) is 3.43. The van der Waals surface area contributed by atoms with E-state index in [0.29, 0.717) is 12.1 Å². The van der Waals surface area contributed by atoms with Crippen molar-refractivity contribution in [2.45, 2.75) is 26.8 Å². The molecule has 1 fully saturated rings. The van der Waals surface area contributed by atoms with Crippen molar-refractivity contribution in [1.29, 1.82) is 0 Å². The number of carbonyl (C=O) groups excluding carboxylic acids is 1. The Kier molecular flexibility index (Phi) is 4.71. The van der Waals surface area contributed by atoms with Crippen LogP contribution in [0.2, 0.25) is 0 Å². The maximum Gasteiger partial charge on any atom is 0.253 e. The number of carbonyl (C=O) groups is 1. The van der Waals surface area contributed by atoms with Gasteiger partial charge in [0.15, 0.2) is 5.65 Å². The second kappa shape index (κ2) is 7.53. The molecule has 1 aromatic carbocycles. The third-order valence-electron chi connectivity index (χ3n) is 5.79. The molecule has 30 heavy (non-hydrogen) atoms. The van der Waals surface area contributed by atoms with Gasteiger partial charge in [-0.15, -0.1) is 0 Å². The number of nitrogens with zero attached hydrogens (tertiary/aromatic N) is 6. The summed E-state index contributed by atoms with van der Waals surface area (Å²) in [7, 11) is 0. The second-order valence-electron chi connectivity index (χ2n) is 8.00. The van der Waals surface area contributed by atoms with Crippen LogP contribution in [-0.4, -0.2) is 66.5 Å². The molecule has 1 amide bonds. The number of amides is 1. The van der Waals surface area contributed by atoms with Crippen LogP contribution in [0.5, 0.6) is 0 Å². The zero-order valence-electron chi connectivity index (χ0n) is 17.3. The van der Waals surface area contributed by atoms with Gasteiger partial charge in [-0.25, -0.2) is 14.5 Å². The molecule has 0 spiro atoms. The van der Waals surface area contributed by atoms with Crippen LogP contribution in [0.3, 0.4) is 0 Å². The Balaban J connectivity index is 1.29. The number of fused-ring (bicyclic) bond motifs is 2. The molecule has 8 heteroatoms. The van der Waals surface area contributed by atoms with Crippen LogP contribution in [0.25, 0.3) is 16.7 Å². The molecule has 8 nitrogen and oxygen atoms in total. The molecule has 0 saturated carbocycles. The van der Waals surface area contributed by atoms with Gasteiger partial charge < -0.3 is 9.88 Å². The summed E-state index contributed by atoms with van der Waals surface area (Å²) in [6, 6.07) is 7.69. The number of aromatic amines is 1. The maximum atomic E-state index is 13.0.